The molecule has 92 valence electrons. The molecule has 17 heavy (non-hydrogen) atoms. The van der Waals surface area contributed by atoms with Crippen molar-refractivity contribution >= 4 is 11.3 Å². The van der Waals surface area contributed by atoms with Gasteiger partial charge < -0.3 is 10.7 Å². The lowest BCUT2D eigenvalue weighted by Crippen LogP contribution is -1.98. The summed E-state index contributed by atoms with van der Waals surface area (Å²) in [6.45, 7) is 0.801. The van der Waals surface area contributed by atoms with Crippen molar-refractivity contribution in [3.05, 3.63) is 23.6 Å². The summed E-state index contributed by atoms with van der Waals surface area (Å²) in [5.41, 5.74) is 6.48. The molecule has 0 aliphatic heterocycles. The van der Waals surface area contributed by atoms with Crippen LogP contribution in [0.25, 0.3) is 10.7 Å². The van der Waals surface area contributed by atoms with Gasteiger partial charge in [0.25, 0.3) is 0 Å². The van der Waals surface area contributed by atoms with Crippen molar-refractivity contribution in [1.29, 1.82) is 0 Å². The highest BCUT2D eigenvalue weighted by Crippen LogP contribution is 2.19. The first kappa shape index (κ1) is 12.3. The lowest BCUT2D eigenvalue weighted by molar-refractivity contribution is 0.638. The molecular weight excluding hydrogens is 232 g/mol. The SMILES string of the molecule is NCCCCCCc1ncc(-c2nccs2)[nH]1. The van der Waals surface area contributed by atoms with Gasteiger partial charge in [0, 0.05) is 18.0 Å². The maximum absolute atomic E-state index is 5.46. The Morgan fingerprint density at radius 2 is 2.06 bits per heavy atom. The molecule has 0 atom stereocenters. The largest absolute Gasteiger partial charge is 0.340 e. The van der Waals surface area contributed by atoms with E-state index in [1.165, 1.54) is 19.3 Å². The van der Waals surface area contributed by atoms with Gasteiger partial charge in [0.1, 0.15) is 10.8 Å². The summed E-state index contributed by atoms with van der Waals surface area (Å²) in [4.78, 5) is 11.9. The number of aryl methyl sites for hydroxylation is 1. The van der Waals surface area contributed by atoms with Crippen LogP contribution in [0, 0.1) is 0 Å². The number of hydrogen-bond acceptors (Lipinski definition) is 4. The summed E-state index contributed by atoms with van der Waals surface area (Å²) < 4.78 is 0. The Kier molecular flexibility index (Phi) is 4.70. The minimum atomic E-state index is 0.801. The summed E-state index contributed by atoms with van der Waals surface area (Å²) >= 11 is 1.63. The molecular formula is C12H18N4S. The van der Waals surface area contributed by atoms with E-state index in [9.17, 15) is 0 Å². The summed E-state index contributed by atoms with van der Waals surface area (Å²) in [7, 11) is 0. The maximum atomic E-state index is 5.46. The van der Waals surface area contributed by atoms with E-state index in [4.69, 9.17) is 5.73 Å². The van der Waals surface area contributed by atoms with Crippen molar-refractivity contribution in [2.45, 2.75) is 32.1 Å². The number of nitrogens with two attached hydrogens (primary N) is 1. The number of H-pyrrole nitrogens is 1. The lowest BCUT2D eigenvalue weighted by atomic mass is 10.1. The third-order valence-electron chi connectivity index (χ3n) is 2.66. The highest BCUT2D eigenvalue weighted by atomic mass is 32.1. The number of aromatic amines is 1. The Labute approximate surface area is 105 Å². The van der Waals surface area contributed by atoms with E-state index >= 15 is 0 Å². The molecule has 2 rings (SSSR count). The molecule has 0 spiro atoms. The number of aromatic nitrogens is 3. The molecule has 5 heteroatoms. The van der Waals surface area contributed by atoms with Gasteiger partial charge in [0.05, 0.1) is 11.9 Å². The number of hydrogen-bond donors (Lipinski definition) is 2. The molecule has 0 aliphatic carbocycles. The smallest absolute Gasteiger partial charge is 0.141 e. The van der Waals surface area contributed by atoms with Crippen LogP contribution in [0.4, 0.5) is 0 Å². The average Bonchev–Trinajstić information content (AvgIpc) is 2.99. The molecule has 0 bridgehead atoms. The van der Waals surface area contributed by atoms with Crippen molar-refractivity contribution < 1.29 is 0 Å². The first-order valence-electron chi connectivity index (χ1n) is 6.04. The quantitative estimate of drug-likeness (QED) is 0.742. The molecule has 4 nitrogen and oxygen atoms in total. The maximum Gasteiger partial charge on any atom is 0.141 e. The zero-order valence-corrected chi connectivity index (χ0v) is 10.7. The first-order valence-corrected chi connectivity index (χ1v) is 6.92. The van der Waals surface area contributed by atoms with Crippen molar-refractivity contribution in [3.8, 4) is 10.7 Å². The van der Waals surface area contributed by atoms with E-state index in [1.54, 1.807) is 11.3 Å². The summed E-state index contributed by atoms with van der Waals surface area (Å²) in [6, 6.07) is 0. The highest BCUT2D eigenvalue weighted by molar-refractivity contribution is 7.13. The number of nitrogens with one attached hydrogen (secondary N) is 1. The average molecular weight is 250 g/mol. The highest BCUT2D eigenvalue weighted by Gasteiger charge is 2.04. The van der Waals surface area contributed by atoms with Crippen LogP contribution in [0.5, 0.6) is 0 Å². The van der Waals surface area contributed by atoms with Crippen LogP contribution in [0.15, 0.2) is 17.8 Å². The number of nitrogens with zero attached hydrogens (tertiary/aromatic N) is 2. The topological polar surface area (TPSA) is 67.6 Å². The van der Waals surface area contributed by atoms with Crippen LogP contribution in [-0.4, -0.2) is 21.5 Å². The fourth-order valence-electron chi connectivity index (χ4n) is 1.75. The van der Waals surface area contributed by atoms with E-state index in [1.807, 2.05) is 17.8 Å². The third kappa shape index (κ3) is 3.64. The molecule has 0 unspecified atom stereocenters. The Balaban J connectivity index is 1.79. The van der Waals surface area contributed by atoms with Gasteiger partial charge >= 0.3 is 0 Å². The third-order valence-corrected chi connectivity index (χ3v) is 3.47. The van der Waals surface area contributed by atoms with E-state index < -0.39 is 0 Å². The monoisotopic (exact) mass is 250 g/mol. The molecule has 0 amide bonds. The fraction of sp³-hybridized carbons (Fsp3) is 0.500. The minimum Gasteiger partial charge on any atom is -0.340 e. The van der Waals surface area contributed by atoms with Crippen LogP contribution in [0.1, 0.15) is 31.5 Å². The van der Waals surface area contributed by atoms with Crippen LogP contribution in [0.2, 0.25) is 0 Å². The number of rotatable bonds is 7. The molecule has 0 saturated carbocycles. The zero-order chi connectivity index (χ0) is 11.9. The molecule has 0 aromatic carbocycles. The summed E-state index contributed by atoms with van der Waals surface area (Å²) in [5.74, 6) is 1.06. The summed E-state index contributed by atoms with van der Waals surface area (Å²) in [6.07, 6.45) is 9.44. The van der Waals surface area contributed by atoms with Crippen LogP contribution in [-0.2, 0) is 6.42 Å². The van der Waals surface area contributed by atoms with E-state index in [0.29, 0.717) is 0 Å². The molecule has 2 aromatic rings. The van der Waals surface area contributed by atoms with Crippen molar-refractivity contribution in [2.24, 2.45) is 5.73 Å². The van der Waals surface area contributed by atoms with Crippen molar-refractivity contribution in [1.82, 2.24) is 15.0 Å². The van der Waals surface area contributed by atoms with Crippen molar-refractivity contribution in [3.63, 3.8) is 0 Å². The molecule has 0 aliphatic rings. The van der Waals surface area contributed by atoms with E-state index in [-0.39, 0.29) is 0 Å². The van der Waals surface area contributed by atoms with Crippen LogP contribution >= 0.6 is 11.3 Å². The summed E-state index contributed by atoms with van der Waals surface area (Å²) in [5, 5.41) is 2.98. The zero-order valence-electron chi connectivity index (χ0n) is 9.85. The number of imidazole rings is 1. The molecule has 2 heterocycles. The molecule has 3 N–H and O–H groups in total. The first-order chi connectivity index (χ1) is 8.40. The second-order valence-corrected chi connectivity index (χ2v) is 4.93. The fourth-order valence-corrected chi connectivity index (χ4v) is 2.35. The normalized spacial score (nSPS) is 10.9. The number of thiazole rings is 1. The second-order valence-electron chi connectivity index (χ2n) is 4.03. The van der Waals surface area contributed by atoms with Gasteiger partial charge in [-0.1, -0.05) is 12.8 Å². The number of unbranched alkanes of at least 4 members (excludes halogenated alkanes) is 3. The Hall–Kier alpha value is -1.20. The molecule has 0 saturated heterocycles. The van der Waals surface area contributed by atoms with Gasteiger partial charge in [-0.05, 0) is 19.4 Å². The molecule has 0 radical (unpaired) electrons. The Morgan fingerprint density at radius 1 is 1.18 bits per heavy atom. The van der Waals surface area contributed by atoms with Gasteiger partial charge in [0.2, 0.25) is 0 Å². The predicted octanol–water partition coefficient (Wildman–Crippen LogP) is 2.59. The standard InChI is InChI=1S/C12H18N4S/c13-6-4-2-1-3-5-11-15-9-10(16-11)12-14-7-8-17-12/h7-9H,1-6,13H2,(H,15,16). The van der Waals surface area contributed by atoms with Gasteiger partial charge in [-0.3, -0.25) is 0 Å². The minimum absolute atomic E-state index is 0.801. The molecule has 2 aromatic heterocycles. The van der Waals surface area contributed by atoms with E-state index in [2.05, 4.69) is 15.0 Å². The van der Waals surface area contributed by atoms with Crippen molar-refractivity contribution in [2.75, 3.05) is 6.54 Å². The van der Waals surface area contributed by atoms with Gasteiger partial charge in [-0.2, -0.15) is 0 Å². The second kappa shape index (κ2) is 6.51. The van der Waals surface area contributed by atoms with E-state index in [0.717, 1.165) is 35.9 Å². The Morgan fingerprint density at radius 3 is 2.82 bits per heavy atom. The van der Waals surface area contributed by atoms with Crippen LogP contribution in [0.3, 0.4) is 0 Å². The van der Waals surface area contributed by atoms with Gasteiger partial charge in [-0.15, -0.1) is 11.3 Å². The van der Waals surface area contributed by atoms with Crippen LogP contribution < -0.4 is 5.73 Å². The predicted molar refractivity (Wildman–Crippen MR) is 70.9 cm³/mol. The van der Waals surface area contributed by atoms with Gasteiger partial charge in [0.15, 0.2) is 0 Å². The molecule has 0 fully saturated rings. The van der Waals surface area contributed by atoms with Gasteiger partial charge in [-0.25, -0.2) is 9.97 Å². The Bertz CT molecular complexity index is 421. The lowest BCUT2D eigenvalue weighted by Gasteiger charge is -1.97.